The van der Waals surface area contributed by atoms with Crippen molar-refractivity contribution in [1.29, 1.82) is 0 Å². The van der Waals surface area contributed by atoms with Crippen LogP contribution in [0.25, 0.3) is 0 Å². The highest BCUT2D eigenvalue weighted by Gasteiger charge is 2.37. The number of carbonyl (C=O) groups is 1. The molecule has 0 saturated carbocycles. The molecule has 0 N–H and O–H groups in total. The largest absolute Gasteiger partial charge is 0.500 e. The molecule has 16 heavy (non-hydrogen) atoms. The van der Waals surface area contributed by atoms with Gasteiger partial charge in [-0.25, -0.2) is 4.79 Å². The molecule has 0 unspecified atom stereocenters. The Balaban J connectivity index is 3.92. The van der Waals surface area contributed by atoms with Crippen LogP contribution in [0.3, 0.4) is 0 Å². The first-order chi connectivity index (χ1) is 7.64. The van der Waals surface area contributed by atoms with Gasteiger partial charge in [-0.3, -0.25) is 0 Å². The molecule has 0 radical (unpaired) electrons. The Morgan fingerprint density at radius 2 is 2.00 bits per heavy atom. The molecule has 0 spiro atoms. The molecule has 0 aliphatic rings. The van der Waals surface area contributed by atoms with E-state index >= 15 is 0 Å². The van der Waals surface area contributed by atoms with E-state index in [1.54, 1.807) is 14.2 Å². The predicted molar refractivity (Wildman–Crippen MR) is 62.0 cm³/mol. The van der Waals surface area contributed by atoms with Gasteiger partial charge in [-0.05, 0) is 13.3 Å². The molecule has 0 heterocycles. The standard InChI is InChI=1S/C10H20O5Si/c1-5-10(11)14-8-7-9-16(12-3,13-4)15-6-2/h5H,1,6-9H2,2-4H3. The number of rotatable bonds is 9. The topological polar surface area (TPSA) is 54.0 Å². The van der Waals surface area contributed by atoms with Gasteiger partial charge in [0.2, 0.25) is 0 Å². The molecule has 94 valence electrons. The van der Waals surface area contributed by atoms with Crippen LogP contribution in [-0.4, -0.2) is 42.2 Å². The van der Waals surface area contributed by atoms with Crippen molar-refractivity contribution in [3.63, 3.8) is 0 Å². The fourth-order valence-corrected chi connectivity index (χ4v) is 3.19. The third-order valence-electron chi connectivity index (χ3n) is 2.02. The first-order valence-electron chi connectivity index (χ1n) is 5.17. The first kappa shape index (κ1) is 15.3. The third kappa shape index (κ3) is 5.41. The van der Waals surface area contributed by atoms with Crippen molar-refractivity contribution in [3.8, 4) is 0 Å². The van der Waals surface area contributed by atoms with Crippen LogP contribution in [0, 0.1) is 0 Å². The van der Waals surface area contributed by atoms with Gasteiger partial charge >= 0.3 is 14.8 Å². The van der Waals surface area contributed by atoms with Crippen LogP contribution in [0.1, 0.15) is 13.3 Å². The van der Waals surface area contributed by atoms with Gasteiger partial charge in [-0.2, -0.15) is 0 Å². The second-order valence-electron chi connectivity index (χ2n) is 3.00. The summed E-state index contributed by atoms with van der Waals surface area (Å²) in [6.45, 7) is 6.06. The minimum absolute atomic E-state index is 0.319. The highest BCUT2D eigenvalue weighted by Crippen LogP contribution is 2.15. The average Bonchev–Trinajstić information content (AvgIpc) is 2.32. The number of hydrogen-bond acceptors (Lipinski definition) is 5. The van der Waals surface area contributed by atoms with Crippen LogP contribution in [-0.2, 0) is 22.8 Å². The van der Waals surface area contributed by atoms with Gasteiger partial charge in [0.05, 0.1) is 6.61 Å². The van der Waals surface area contributed by atoms with Crippen molar-refractivity contribution in [2.75, 3.05) is 27.4 Å². The van der Waals surface area contributed by atoms with Gasteiger partial charge in [0.1, 0.15) is 0 Å². The Morgan fingerprint density at radius 1 is 1.38 bits per heavy atom. The lowest BCUT2D eigenvalue weighted by Gasteiger charge is -2.25. The first-order valence-corrected chi connectivity index (χ1v) is 7.10. The molecule has 0 aromatic heterocycles. The molecule has 0 bridgehead atoms. The summed E-state index contributed by atoms with van der Waals surface area (Å²) in [6.07, 6.45) is 1.79. The molecule has 0 atom stereocenters. The maximum atomic E-state index is 10.8. The van der Waals surface area contributed by atoms with Gasteiger partial charge in [0.25, 0.3) is 0 Å². The Morgan fingerprint density at radius 3 is 2.44 bits per heavy atom. The van der Waals surface area contributed by atoms with E-state index in [1.807, 2.05) is 6.92 Å². The smallest absolute Gasteiger partial charge is 0.463 e. The van der Waals surface area contributed by atoms with Crippen molar-refractivity contribution in [2.45, 2.75) is 19.4 Å². The fraction of sp³-hybridized carbons (Fsp3) is 0.700. The van der Waals surface area contributed by atoms with Crippen molar-refractivity contribution >= 4 is 14.8 Å². The number of ether oxygens (including phenoxy) is 1. The fourth-order valence-electron chi connectivity index (χ4n) is 1.22. The summed E-state index contributed by atoms with van der Waals surface area (Å²) in [4.78, 5) is 10.8. The summed E-state index contributed by atoms with van der Waals surface area (Å²) in [6, 6.07) is 0.623. The van der Waals surface area contributed by atoms with E-state index in [9.17, 15) is 4.79 Å². The van der Waals surface area contributed by atoms with Gasteiger partial charge in [0.15, 0.2) is 0 Å². The van der Waals surface area contributed by atoms with E-state index in [4.69, 9.17) is 18.0 Å². The van der Waals surface area contributed by atoms with Crippen LogP contribution in [0.15, 0.2) is 12.7 Å². The van der Waals surface area contributed by atoms with E-state index in [-0.39, 0.29) is 0 Å². The summed E-state index contributed by atoms with van der Waals surface area (Å²) < 4.78 is 20.9. The van der Waals surface area contributed by atoms with Crippen molar-refractivity contribution in [2.24, 2.45) is 0 Å². The minimum Gasteiger partial charge on any atom is -0.463 e. The highest BCUT2D eigenvalue weighted by molar-refractivity contribution is 6.60. The summed E-state index contributed by atoms with van der Waals surface area (Å²) in [7, 11) is 0.598. The Kier molecular flexibility index (Phi) is 8.09. The molecule has 5 nitrogen and oxygen atoms in total. The van der Waals surface area contributed by atoms with E-state index < -0.39 is 14.8 Å². The molecule has 0 aromatic carbocycles. The van der Waals surface area contributed by atoms with Gasteiger partial charge in [-0.1, -0.05) is 6.58 Å². The lowest BCUT2D eigenvalue weighted by molar-refractivity contribution is -0.137. The summed E-state index contributed by atoms with van der Waals surface area (Å²) >= 11 is 0. The molecule has 0 amide bonds. The normalized spacial score (nSPS) is 11.2. The predicted octanol–water partition coefficient (Wildman–Crippen LogP) is 1.37. The second-order valence-corrected chi connectivity index (χ2v) is 5.97. The van der Waals surface area contributed by atoms with Crippen LogP contribution in [0.5, 0.6) is 0 Å². The second kappa shape index (κ2) is 8.46. The average molecular weight is 248 g/mol. The zero-order valence-electron chi connectivity index (χ0n) is 10.2. The monoisotopic (exact) mass is 248 g/mol. The maximum absolute atomic E-state index is 10.8. The van der Waals surface area contributed by atoms with Crippen LogP contribution in [0.4, 0.5) is 0 Å². The summed E-state index contributed by atoms with van der Waals surface area (Å²) in [5.41, 5.74) is 0. The van der Waals surface area contributed by atoms with E-state index in [1.165, 1.54) is 0 Å². The maximum Gasteiger partial charge on any atom is 0.500 e. The van der Waals surface area contributed by atoms with E-state index in [0.717, 1.165) is 6.08 Å². The zero-order chi connectivity index (χ0) is 12.4. The number of hydrogen-bond donors (Lipinski definition) is 0. The van der Waals surface area contributed by atoms with Crippen molar-refractivity contribution in [1.82, 2.24) is 0 Å². The third-order valence-corrected chi connectivity index (χ3v) is 4.96. The number of carbonyl (C=O) groups excluding carboxylic acids is 1. The van der Waals surface area contributed by atoms with Gasteiger partial charge in [0, 0.05) is 32.9 Å². The number of esters is 1. The molecular weight excluding hydrogens is 228 g/mol. The SMILES string of the molecule is C=CC(=O)OCCC[Si](OC)(OC)OCC. The molecule has 0 saturated heterocycles. The van der Waals surface area contributed by atoms with E-state index in [0.29, 0.717) is 25.7 Å². The van der Waals surface area contributed by atoms with Gasteiger partial charge < -0.3 is 18.0 Å². The quantitative estimate of drug-likeness (QED) is 0.267. The molecule has 0 aromatic rings. The Hall–Kier alpha value is -0.693. The molecule has 6 heteroatoms. The lowest BCUT2D eigenvalue weighted by atomic mass is 10.5. The summed E-state index contributed by atoms with van der Waals surface area (Å²) in [5.74, 6) is -0.418. The molecule has 0 aliphatic carbocycles. The van der Waals surface area contributed by atoms with Crippen molar-refractivity contribution < 1.29 is 22.8 Å². The van der Waals surface area contributed by atoms with Crippen LogP contribution in [0.2, 0.25) is 6.04 Å². The van der Waals surface area contributed by atoms with Gasteiger partial charge in [-0.15, -0.1) is 0 Å². The van der Waals surface area contributed by atoms with Crippen LogP contribution < -0.4 is 0 Å². The highest BCUT2D eigenvalue weighted by atomic mass is 28.4. The molecule has 0 rings (SSSR count). The Bertz CT molecular complexity index is 215. The molecule has 0 fully saturated rings. The molecule has 0 aliphatic heterocycles. The summed E-state index contributed by atoms with van der Waals surface area (Å²) in [5, 5.41) is 0. The lowest BCUT2D eigenvalue weighted by Crippen LogP contribution is -2.44. The minimum atomic E-state index is -2.54. The van der Waals surface area contributed by atoms with E-state index in [2.05, 4.69) is 6.58 Å². The molecular formula is C10H20O5Si. The van der Waals surface area contributed by atoms with Crippen molar-refractivity contribution in [3.05, 3.63) is 12.7 Å². The van der Waals surface area contributed by atoms with Crippen LogP contribution >= 0.6 is 0 Å². The zero-order valence-corrected chi connectivity index (χ0v) is 11.2. The Labute approximate surface area is 97.7 Å².